The van der Waals surface area contributed by atoms with E-state index in [1.54, 1.807) is 12.1 Å². The quantitative estimate of drug-likeness (QED) is 0.372. The lowest BCUT2D eigenvalue weighted by molar-refractivity contribution is -0.145. The van der Waals surface area contributed by atoms with Crippen molar-refractivity contribution in [1.82, 2.24) is 10.2 Å². The van der Waals surface area contributed by atoms with E-state index in [2.05, 4.69) is 10.1 Å². The van der Waals surface area contributed by atoms with Crippen molar-refractivity contribution in [1.29, 1.82) is 0 Å². The molecule has 1 aromatic rings. The molecule has 0 bridgehead atoms. The molecule has 3 amide bonds. The van der Waals surface area contributed by atoms with Gasteiger partial charge in [-0.2, -0.15) is 0 Å². The number of carbonyl (C=O) groups excluding carboxylic acids is 4. The first-order valence-corrected chi connectivity index (χ1v) is 11.2. The van der Waals surface area contributed by atoms with Crippen molar-refractivity contribution < 1.29 is 33.8 Å². The molecule has 0 radical (unpaired) electrons. The molecular formula is C24H31N3O7. The minimum Gasteiger partial charge on any atom is -0.481 e. The van der Waals surface area contributed by atoms with Crippen molar-refractivity contribution in [2.75, 3.05) is 7.11 Å². The number of carboxylic acid groups (broad SMARTS) is 1. The van der Waals surface area contributed by atoms with Crippen molar-refractivity contribution in [3.63, 3.8) is 0 Å². The fraction of sp³-hybridized carbons (Fsp3) is 0.458. The van der Waals surface area contributed by atoms with E-state index in [0.717, 1.165) is 31.2 Å². The maximum absolute atomic E-state index is 11.8. The number of nitrogens with two attached hydrogens (primary N) is 1. The number of amides is 3. The Kier molecular flexibility index (Phi) is 10.4. The zero-order valence-corrected chi connectivity index (χ0v) is 19.1. The van der Waals surface area contributed by atoms with Gasteiger partial charge in [-0.25, -0.2) is 4.79 Å². The number of ether oxygens (including phenoxy) is 1. The van der Waals surface area contributed by atoms with Crippen molar-refractivity contribution in [2.45, 2.75) is 63.1 Å². The molecule has 1 aromatic carbocycles. The molecule has 1 fully saturated rings. The molecule has 2 atom stereocenters. The maximum atomic E-state index is 11.8. The Morgan fingerprint density at radius 3 is 2.21 bits per heavy atom. The topological polar surface area (TPSA) is 156 Å². The van der Waals surface area contributed by atoms with Crippen molar-refractivity contribution in [3.8, 4) is 0 Å². The van der Waals surface area contributed by atoms with Gasteiger partial charge in [0.15, 0.2) is 0 Å². The Balaban J connectivity index is 0.000000266. The number of hydrogen-bond acceptors (Lipinski definition) is 7. The summed E-state index contributed by atoms with van der Waals surface area (Å²) in [6.07, 6.45) is 7.96. The number of imide groups is 1. The van der Waals surface area contributed by atoms with Gasteiger partial charge in [0, 0.05) is 24.6 Å². The second kappa shape index (κ2) is 13.2. The molecule has 2 aliphatic rings. The third-order valence-electron chi connectivity index (χ3n) is 5.60. The van der Waals surface area contributed by atoms with Crippen LogP contribution in [0.1, 0.15) is 44.1 Å². The van der Waals surface area contributed by atoms with Crippen molar-refractivity contribution in [3.05, 3.63) is 48.0 Å². The number of hydrogen-bond donors (Lipinski definition) is 3. The summed E-state index contributed by atoms with van der Waals surface area (Å²) in [5.74, 6) is -2.76. The average Bonchev–Trinajstić information content (AvgIpc) is 3.17. The third-order valence-corrected chi connectivity index (χ3v) is 5.60. The van der Waals surface area contributed by atoms with Gasteiger partial charge in [-0.3, -0.25) is 24.1 Å². The number of benzene rings is 1. The van der Waals surface area contributed by atoms with Gasteiger partial charge in [-0.05, 0) is 18.4 Å². The normalized spacial score (nSPS) is 17.4. The highest BCUT2D eigenvalue weighted by Gasteiger charge is 2.31. The molecule has 10 nitrogen and oxygen atoms in total. The SMILES string of the molecule is COC(=O)[C@@H](Cc1ccccc1)NC(=O)[C@H](N)CC(=O)O.O=C1C=CC(=O)N1C1CCCCC1. The van der Waals surface area contributed by atoms with E-state index in [0.29, 0.717) is 0 Å². The second-order valence-corrected chi connectivity index (χ2v) is 8.15. The second-order valence-electron chi connectivity index (χ2n) is 8.15. The van der Waals surface area contributed by atoms with Gasteiger partial charge >= 0.3 is 11.9 Å². The monoisotopic (exact) mass is 473 g/mol. The highest BCUT2D eigenvalue weighted by Crippen LogP contribution is 2.24. The van der Waals surface area contributed by atoms with E-state index in [1.165, 1.54) is 30.6 Å². The van der Waals surface area contributed by atoms with E-state index in [-0.39, 0.29) is 24.3 Å². The number of rotatable bonds is 8. The number of aliphatic carboxylic acids is 1. The van der Waals surface area contributed by atoms with E-state index < -0.39 is 36.4 Å². The van der Waals surface area contributed by atoms with E-state index in [9.17, 15) is 24.0 Å². The standard InChI is InChI=1S/C14H18N2O5.C10H13NO2/c1-21-14(20)11(7-9-5-3-2-4-6-9)16-13(19)10(15)8-12(17)18;12-9-6-7-10(13)11(9)8-4-2-1-3-5-8/h2-6,10-11H,7-8,15H2,1H3,(H,16,19)(H,17,18);6-8H,1-5H2/t10-,11-;/m1./s1. The summed E-state index contributed by atoms with van der Waals surface area (Å²) in [5.41, 5.74) is 6.29. The summed E-state index contributed by atoms with van der Waals surface area (Å²) in [7, 11) is 1.21. The molecule has 1 aliphatic carbocycles. The van der Waals surface area contributed by atoms with Gasteiger partial charge in [0.05, 0.1) is 19.6 Å². The maximum Gasteiger partial charge on any atom is 0.328 e. The van der Waals surface area contributed by atoms with Crippen LogP contribution < -0.4 is 11.1 Å². The van der Waals surface area contributed by atoms with Gasteiger partial charge in [-0.1, -0.05) is 49.6 Å². The Bertz CT molecular complexity index is 892. The van der Waals surface area contributed by atoms with Crippen LogP contribution in [0.15, 0.2) is 42.5 Å². The molecule has 0 unspecified atom stereocenters. The third kappa shape index (κ3) is 8.11. The minimum atomic E-state index is -1.22. The predicted octanol–water partition coefficient (Wildman–Crippen LogP) is 0.933. The Hall–Kier alpha value is -3.53. The number of nitrogens with zero attached hydrogens (tertiary/aromatic N) is 1. The number of nitrogens with one attached hydrogen (secondary N) is 1. The van der Waals surface area contributed by atoms with Crippen molar-refractivity contribution in [2.24, 2.45) is 5.73 Å². The summed E-state index contributed by atoms with van der Waals surface area (Å²) >= 11 is 0. The van der Waals surface area contributed by atoms with Gasteiger partial charge in [-0.15, -0.1) is 0 Å². The number of carboxylic acids is 1. The van der Waals surface area contributed by atoms with Crippen LogP contribution in [-0.2, 0) is 35.1 Å². The molecule has 1 heterocycles. The van der Waals surface area contributed by atoms with Gasteiger partial charge in [0.1, 0.15) is 6.04 Å². The van der Waals surface area contributed by atoms with Crippen LogP contribution in [-0.4, -0.2) is 64.9 Å². The van der Waals surface area contributed by atoms with Crippen LogP contribution in [0.4, 0.5) is 0 Å². The number of methoxy groups -OCH3 is 1. The van der Waals surface area contributed by atoms with Crippen LogP contribution in [0, 0.1) is 0 Å². The predicted molar refractivity (Wildman–Crippen MR) is 122 cm³/mol. The smallest absolute Gasteiger partial charge is 0.328 e. The van der Waals surface area contributed by atoms with Crippen LogP contribution in [0.5, 0.6) is 0 Å². The number of carbonyl (C=O) groups is 5. The molecule has 4 N–H and O–H groups in total. The summed E-state index contributed by atoms with van der Waals surface area (Å²) in [4.78, 5) is 58.0. The molecule has 184 valence electrons. The first kappa shape index (κ1) is 26.7. The zero-order valence-electron chi connectivity index (χ0n) is 19.1. The lowest BCUT2D eigenvalue weighted by Gasteiger charge is -2.29. The molecule has 0 spiro atoms. The lowest BCUT2D eigenvalue weighted by atomic mass is 9.94. The largest absolute Gasteiger partial charge is 0.481 e. The average molecular weight is 474 g/mol. The summed E-state index contributed by atoms with van der Waals surface area (Å²) in [6, 6.07) is 7.10. The minimum absolute atomic E-state index is 0.128. The Morgan fingerprint density at radius 2 is 1.68 bits per heavy atom. The molecule has 10 heteroatoms. The fourth-order valence-corrected chi connectivity index (χ4v) is 3.86. The molecule has 34 heavy (non-hydrogen) atoms. The van der Waals surface area contributed by atoms with Gasteiger partial charge in [0.2, 0.25) is 5.91 Å². The van der Waals surface area contributed by atoms with Crippen LogP contribution in [0.3, 0.4) is 0 Å². The first-order chi connectivity index (χ1) is 16.2. The van der Waals surface area contributed by atoms with Crippen LogP contribution in [0.2, 0.25) is 0 Å². The van der Waals surface area contributed by atoms with Crippen molar-refractivity contribution >= 4 is 29.7 Å². The highest BCUT2D eigenvalue weighted by molar-refractivity contribution is 6.13. The van der Waals surface area contributed by atoms with E-state index in [1.807, 2.05) is 18.2 Å². The molecule has 1 saturated carbocycles. The first-order valence-electron chi connectivity index (χ1n) is 11.2. The zero-order chi connectivity index (χ0) is 25.1. The van der Waals surface area contributed by atoms with Crippen LogP contribution >= 0.6 is 0 Å². The van der Waals surface area contributed by atoms with E-state index in [4.69, 9.17) is 10.8 Å². The Labute approximate surface area is 198 Å². The van der Waals surface area contributed by atoms with Crippen LogP contribution in [0.25, 0.3) is 0 Å². The van der Waals surface area contributed by atoms with Gasteiger partial charge < -0.3 is 20.9 Å². The molecule has 1 aliphatic heterocycles. The lowest BCUT2D eigenvalue weighted by Crippen LogP contribution is -2.50. The number of esters is 1. The Morgan fingerprint density at radius 1 is 1.09 bits per heavy atom. The fourth-order valence-electron chi connectivity index (χ4n) is 3.86. The summed E-state index contributed by atoms with van der Waals surface area (Å²) < 4.78 is 4.64. The van der Waals surface area contributed by atoms with Gasteiger partial charge in [0.25, 0.3) is 11.8 Å². The highest BCUT2D eigenvalue weighted by atomic mass is 16.5. The molecule has 3 rings (SSSR count). The van der Waals surface area contributed by atoms with E-state index >= 15 is 0 Å². The summed E-state index contributed by atoms with van der Waals surface area (Å²) in [6.45, 7) is 0. The summed E-state index contributed by atoms with van der Waals surface area (Å²) in [5, 5.41) is 11.0. The molecular weight excluding hydrogens is 442 g/mol. The molecule has 0 saturated heterocycles. The molecule has 0 aromatic heterocycles.